The molecule has 0 saturated carbocycles. The number of carbonyl (C=O) groups excluding carboxylic acids is 1. The maximum absolute atomic E-state index is 12.2. The molecular formula is C10H17F3O2. The highest BCUT2D eigenvalue weighted by Crippen LogP contribution is 2.32. The van der Waals surface area contributed by atoms with Gasteiger partial charge in [0.2, 0.25) is 0 Å². The third-order valence-electron chi connectivity index (χ3n) is 2.38. The molecule has 0 spiro atoms. The van der Waals surface area contributed by atoms with Crippen LogP contribution >= 0.6 is 0 Å². The van der Waals surface area contributed by atoms with Gasteiger partial charge in [-0.05, 0) is 6.42 Å². The van der Waals surface area contributed by atoms with Gasteiger partial charge in [-0.1, -0.05) is 27.2 Å². The van der Waals surface area contributed by atoms with Crippen LogP contribution in [0.4, 0.5) is 13.2 Å². The monoisotopic (exact) mass is 226 g/mol. The fraction of sp³-hybridized carbons (Fsp3) is 0.900. The van der Waals surface area contributed by atoms with Crippen molar-refractivity contribution in [3.05, 3.63) is 0 Å². The first kappa shape index (κ1) is 14.3. The van der Waals surface area contributed by atoms with Crippen molar-refractivity contribution in [2.24, 2.45) is 11.8 Å². The molecule has 0 fully saturated rings. The zero-order valence-electron chi connectivity index (χ0n) is 9.23. The van der Waals surface area contributed by atoms with E-state index in [0.29, 0.717) is 6.42 Å². The van der Waals surface area contributed by atoms with Crippen molar-refractivity contribution in [3.8, 4) is 0 Å². The van der Waals surface area contributed by atoms with E-state index in [0.717, 1.165) is 13.3 Å². The first-order chi connectivity index (χ1) is 6.80. The molecular weight excluding hydrogens is 209 g/mol. The number of carbonyl (C=O) groups is 1. The van der Waals surface area contributed by atoms with E-state index < -0.39 is 24.0 Å². The lowest BCUT2D eigenvalue weighted by atomic mass is 9.96. The maximum Gasteiger partial charge on any atom is 0.392 e. The zero-order chi connectivity index (χ0) is 12.1. The van der Waals surface area contributed by atoms with Gasteiger partial charge < -0.3 is 4.74 Å². The van der Waals surface area contributed by atoms with Crippen LogP contribution in [0.25, 0.3) is 0 Å². The molecule has 0 aliphatic heterocycles. The summed E-state index contributed by atoms with van der Waals surface area (Å²) in [4.78, 5) is 11.2. The minimum Gasteiger partial charge on any atom is -0.465 e. The maximum atomic E-state index is 12.2. The van der Waals surface area contributed by atoms with Gasteiger partial charge in [-0.25, -0.2) is 0 Å². The lowest BCUT2D eigenvalue weighted by Crippen LogP contribution is -2.32. The van der Waals surface area contributed by atoms with E-state index >= 15 is 0 Å². The van der Waals surface area contributed by atoms with Gasteiger partial charge in [-0.15, -0.1) is 0 Å². The van der Waals surface area contributed by atoms with Crippen LogP contribution in [0.2, 0.25) is 0 Å². The third kappa shape index (κ3) is 5.04. The van der Waals surface area contributed by atoms with Gasteiger partial charge in [0.25, 0.3) is 0 Å². The summed E-state index contributed by atoms with van der Waals surface area (Å²) in [6, 6.07) is 0. The molecule has 5 heteroatoms. The molecule has 0 heterocycles. The lowest BCUT2D eigenvalue weighted by molar-refractivity contribution is -0.192. The molecule has 0 aliphatic rings. The first-order valence-electron chi connectivity index (χ1n) is 5.04. The molecule has 2 nitrogen and oxygen atoms in total. The Morgan fingerprint density at radius 2 is 1.87 bits per heavy atom. The minimum absolute atomic E-state index is 0.199. The number of hydrogen-bond donors (Lipinski definition) is 0. The van der Waals surface area contributed by atoms with E-state index in [1.165, 1.54) is 6.92 Å². The van der Waals surface area contributed by atoms with Crippen molar-refractivity contribution in [1.82, 2.24) is 0 Å². The Kier molecular flexibility index (Phi) is 5.68. The molecule has 0 aromatic rings. The van der Waals surface area contributed by atoms with Crippen molar-refractivity contribution in [3.63, 3.8) is 0 Å². The Hall–Kier alpha value is -0.740. The molecule has 0 rings (SSSR count). The summed E-state index contributed by atoms with van der Waals surface area (Å²) in [6.45, 7) is 4.35. The summed E-state index contributed by atoms with van der Waals surface area (Å²) in [5, 5.41) is 0. The Morgan fingerprint density at radius 1 is 1.33 bits per heavy atom. The van der Waals surface area contributed by atoms with Crippen molar-refractivity contribution in [1.29, 1.82) is 0 Å². The smallest absolute Gasteiger partial charge is 0.392 e. The van der Waals surface area contributed by atoms with E-state index in [9.17, 15) is 18.0 Å². The van der Waals surface area contributed by atoms with Crippen LogP contribution in [0.3, 0.4) is 0 Å². The van der Waals surface area contributed by atoms with Gasteiger partial charge in [0.15, 0.2) is 0 Å². The van der Waals surface area contributed by atoms with Crippen LogP contribution < -0.4 is 0 Å². The average Bonchev–Trinajstić information content (AvgIpc) is 2.14. The van der Waals surface area contributed by atoms with Gasteiger partial charge in [0.05, 0.1) is 18.4 Å². The summed E-state index contributed by atoms with van der Waals surface area (Å²) in [7, 11) is 0. The Balaban J connectivity index is 4.08. The van der Waals surface area contributed by atoms with E-state index in [2.05, 4.69) is 0 Å². The Morgan fingerprint density at radius 3 is 2.27 bits per heavy atom. The zero-order valence-corrected chi connectivity index (χ0v) is 9.23. The molecule has 0 amide bonds. The fourth-order valence-corrected chi connectivity index (χ4v) is 0.936. The predicted molar refractivity (Wildman–Crippen MR) is 50.3 cm³/mol. The Bertz CT molecular complexity index is 201. The van der Waals surface area contributed by atoms with Crippen molar-refractivity contribution in [2.75, 3.05) is 6.61 Å². The van der Waals surface area contributed by atoms with Gasteiger partial charge in [0.1, 0.15) is 0 Å². The second kappa shape index (κ2) is 5.98. The highest BCUT2D eigenvalue weighted by molar-refractivity contribution is 5.72. The number of alkyl halides is 3. The van der Waals surface area contributed by atoms with E-state index in [1.54, 1.807) is 0 Å². The molecule has 0 aromatic carbocycles. The standard InChI is InChI=1S/C10H17F3O2/c1-4-5-6-15-9(14)7(2)8(3)10(11,12)13/h7-8H,4-6H2,1-3H3. The van der Waals surface area contributed by atoms with E-state index in [-0.39, 0.29) is 6.61 Å². The third-order valence-corrected chi connectivity index (χ3v) is 2.38. The van der Waals surface area contributed by atoms with Crippen molar-refractivity contribution >= 4 is 5.97 Å². The summed E-state index contributed by atoms with van der Waals surface area (Å²) in [5.41, 5.74) is 0. The quantitative estimate of drug-likeness (QED) is 0.531. The molecule has 0 radical (unpaired) electrons. The molecule has 0 aromatic heterocycles. The number of hydrogen-bond acceptors (Lipinski definition) is 2. The van der Waals surface area contributed by atoms with Gasteiger partial charge >= 0.3 is 12.1 Å². The number of rotatable bonds is 5. The summed E-state index contributed by atoms with van der Waals surface area (Å²) < 4.78 is 41.4. The number of ether oxygens (including phenoxy) is 1. The van der Waals surface area contributed by atoms with Gasteiger partial charge in [-0.3, -0.25) is 4.79 Å². The highest BCUT2D eigenvalue weighted by Gasteiger charge is 2.42. The van der Waals surface area contributed by atoms with Gasteiger partial charge in [-0.2, -0.15) is 13.2 Å². The molecule has 2 unspecified atom stereocenters. The first-order valence-corrected chi connectivity index (χ1v) is 5.04. The van der Waals surface area contributed by atoms with Gasteiger partial charge in [0, 0.05) is 0 Å². The number of unbranched alkanes of at least 4 members (excludes halogenated alkanes) is 1. The van der Waals surface area contributed by atoms with Crippen molar-refractivity contribution < 1.29 is 22.7 Å². The average molecular weight is 226 g/mol. The topological polar surface area (TPSA) is 26.3 Å². The van der Waals surface area contributed by atoms with Crippen LogP contribution in [0.1, 0.15) is 33.6 Å². The minimum atomic E-state index is -4.34. The summed E-state index contributed by atoms with van der Waals surface area (Å²) in [6.07, 6.45) is -2.82. The molecule has 15 heavy (non-hydrogen) atoms. The highest BCUT2D eigenvalue weighted by atomic mass is 19.4. The van der Waals surface area contributed by atoms with Crippen LogP contribution in [0, 0.1) is 11.8 Å². The van der Waals surface area contributed by atoms with E-state index in [1.807, 2.05) is 6.92 Å². The van der Waals surface area contributed by atoms with Crippen LogP contribution in [-0.2, 0) is 9.53 Å². The molecule has 2 atom stereocenters. The SMILES string of the molecule is CCCCOC(=O)C(C)C(C)C(F)(F)F. The lowest BCUT2D eigenvalue weighted by Gasteiger charge is -2.21. The normalized spacial score (nSPS) is 15.9. The summed E-state index contributed by atoms with van der Waals surface area (Å²) in [5.74, 6) is -3.57. The molecule has 90 valence electrons. The van der Waals surface area contributed by atoms with Crippen molar-refractivity contribution in [2.45, 2.75) is 39.8 Å². The number of esters is 1. The predicted octanol–water partition coefficient (Wildman–Crippen LogP) is 3.16. The van der Waals surface area contributed by atoms with Crippen LogP contribution in [0.15, 0.2) is 0 Å². The molecule has 0 saturated heterocycles. The number of halogens is 3. The van der Waals surface area contributed by atoms with E-state index in [4.69, 9.17) is 4.74 Å². The van der Waals surface area contributed by atoms with Crippen LogP contribution in [-0.4, -0.2) is 18.8 Å². The second-order valence-corrected chi connectivity index (χ2v) is 3.64. The Labute approximate surface area is 87.8 Å². The fourth-order valence-electron chi connectivity index (χ4n) is 0.936. The van der Waals surface area contributed by atoms with Crippen LogP contribution in [0.5, 0.6) is 0 Å². The molecule has 0 aliphatic carbocycles. The second-order valence-electron chi connectivity index (χ2n) is 3.64. The summed E-state index contributed by atoms with van der Waals surface area (Å²) >= 11 is 0. The largest absolute Gasteiger partial charge is 0.465 e. The molecule has 0 bridgehead atoms. The molecule has 0 N–H and O–H groups in total.